The van der Waals surface area contributed by atoms with E-state index in [0.29, 0.717) is 30.0 Å². The highest BCUT2D eigenvalue weighted by Crippen LogP contribution is 2.34. The number of carboxylic acids is 1. The number of benzene rings is 1. The summed E-state index contributed by atoms with van der Waals surface area (Å²) >= 11 is 0. The van der Waals surface area contributed by atoms with Crippen molar-refractivity contribution in [1.82, 2.24) is 4.90 Å². The highest BCUT2D eigenvalue weighted by atomic mass is 16.4. The molecule has 24 heavy (non-hydrogen) atoms. The second kappa shape index (κ2) is 6.15. The maximum absolute atomic E-state index is 13.1. The Bertz CT molecular complexity index is 778. The van der Waals surface area contributed by atoms with E-state index in [-0.39, 0.29) is 11.9 Å². The predicted molar refractivity (Wildman–Crippen MR) is 89.9 cm³/mol. The Morgan fingerprint density at radius 3 is 2.46 bits per heavy atom. The molecule has 1 N–H and O–H groups in total. The van der Waals surface area contributed by atoms with E-state index >= 15 is 0 Å². The normalized spacial score (nSPS) is 20.4. The Kier molecular flexibility index (Phi) is 4.18. The Balaban J connectivity index is 2.01. The number of rotatable bonds is 3. The van der Waals surface area contributed by atoms with Gasteiger partial charge in [-0.1, -0.05) is 30.3 Å². The summed E-state index contributed by atoms with van der Waals surface area (Å²) < 4.78 is 5.86. The van der Waals surface area contributed by atoms with Crippen LogP contribution in [-0.2, 0) is 4.79 Å². The summed E-state index contributed by atoms with van der Waals surface area (Å²) in [6, 6.07) is 9.19. The number of amides is 1. The van der Waals surface area contributed by atoms with Crippen molar-refractivity contribution in [3.63, 3.8) is 0 Å². The summed E-state index contributed by atoms with van der Waals surface area (Å²) in [5.41, 5.74) is 2.19. The first-order chi connectivity index (χ1) is 11.4. The molecular weight excluding hydrogens is 306 g/mol. The number of furan rings is 1. The van der Waals surface area contributed by atoms with Gasteiger partial charge in [-0.2, -0.15) is 0 Å². The van der Waals surface area contributed by atoms with Gasteiger partial charge < -0.3 is 14.4 Å². The lowest BCUT2D eigenvalue weighted by molar-refractivity contribution is -0.142. The minimum atomic E-state index is -0.846. The minimum absolute atomic E-state index is 0.153. The Labute approximate surface area is 140 Å². The van der Waals surface area contributed by atoms with Crippen LogP contribution in [0.15, 0.2) is 34.7 Å². The number of nitrogens with zero attached hydrogens (tertiary/aromatic N) is 1. The van der Waals surface area contributed by atoms with Crippen molar-refractivity contribution in [1.29, 1.82) is 0 Å². The molecule has 0 bridgehead atoms. The summed E-state index contributed by atoms with van der Waals surface area (Å²) in [7, 11) is 0. The molecule has 5 heteroatoms. The van der Waals surface area contributed by atoms with E-state index in [1.165, 1.54) is 0 Å². The highest BCUT2D eigenvalue weighted by molar-refractivity contribution is 6.02. The lowest BCUT2D eigenvalue weighted by Crippen LogP contribution is -2.38. The van der Waals surface area contributed by atoms with E-state index in [4.69, 9.17) is 4.42 Å². The Morgan fingerprint density at radius 2 is 1.88 bits per heavy atom. The summed E-state index contributed by atoms with van der Waals surface area (Å²) in [6.07, 6.45) is 0.485. The Hall–Kier alpha value is -2.56. The number of hydrogen-bond donors (Lipinski definition) is 1. The first-order valence-electron chi connectivity index (χ1n) is 8.11. The van der Waals surface area contributed by atoms with Crippen molar-refractivity contribution < 1.29 is 19.1 Å². The second-order valence-electron chi connectivity index (χ2n) is 6.33. The van der Waals surface area contributed by atoms with Crippen LogP contribution in [0.1, 0.15) is 35.0 Å². The molecule has 1 amide bonds. The summed E-state index contributed by atoms with van der Waals surface area (Å²) in [5, 5.41) is 9.29. The predicted octanol–water partition coefficient (Wildman–Crippen LogP) is 3.50. The van der Waals surface area contributed by atoms with Gasteiger partial charge >= 0.3 is 5.97 Å². The molecule has 2 unspecified atom stereocenters. The number of aliphatic carboxylic acids is 1. The van der Waals surface area contributed by atoms with Gasteiger partial charge in [0.25, 0.3) is 5.91 Å². The molecule has 0 aliphatic carbocycles. The molecule has 1 aromatic heterocycles. The van der Waals surface area contributed by atoms with Crippen LogP contribution in [0, 0.1) is 19.8 Å². The Morgan fingerprint density at radius 1 is 1.21 bits per heavy atom. The standard InChI is InChI=1S/C19H21NO4/c1-11-13(3)24-17(14-7-5-4-6-8-14)16(11)18(21)20-10-9-15(12(20)2)19(22)23/h4-8,12,15H,9-10H2,1-3H3,(H,22,23). The minimum Gasteiger partial charge on any atom is -0.481 e. The molecule has 0 radical (unpaired) electrons. The van der Waals surface area contributed by atoms with Crippen LogP contribution in [0.25, 0.3) is 11.3 Å². The van der Waals surface area contributed by atoms with Crippen molar-refractivity contribution in [2.24, 2.45) is 5.92 Å². The zero-order valence-corrected chi connectivity index (χ0v) is 14.1. The first-order valence-corrected chi connectivity index (χ1v) is 8.11. The van der Waals surface area contributed by atoms with Gasteiger partial charge in [0.15, 0.2) is 0 Å². The van der Waals surface area contributed by atoms with E-state index < -0.39 is 11.9 Å². The van der Waals surface area contributed by atoms with Gasteiger partial charge in [-0.05, 0) is 27.2 Å². The molecule has 5 nitrogen and oxygen atoms in total. The molecule has 3 rings (SSSR count). The number of aryl methyl sites for hydroxylation is 1. The molecule has 2 heterocycles. The molecule has 1 aliphatic rings. The molecule has 126 valence electrons. The summed E-state index contributed by atoms with van der Waals surface area (Å²) in [5.74, 6) is -0.247. The number of hydrogen-bond acceptors (Lipinski definition) is 3. The van der Waals surface area contributed by atoms with E-state index in [9.17, 15) is 14.7 Å². The number of carboxylic acid groups (broad SMARTS) is 1. The SMILES string of the molecule is Cc1oc(-c2ccccc2)c(C(=O)N2CCC(C(=O)O)C2C)c1C. The fourth-order valence-electron chi connectivity index (χ4n) is 3.38. The largest absolute Gasteiger partial charge is 0.481 e. The smallest absolute Gasteiger partial charge is 0.308 e. The van der Waals surface area contributed by atoms with Crippen LogP contribution in [-0.4, -0.2) is 34.5 Å². The van der Waals surface area contributed by atoms with E-state index in [1.54, 1.807) is 11.8 Å². The van der Waals surface area contributed by atoms with Crippen molar-refractivity contribution >= 4 is 11.9 Å². The van der Waals surface area contributed by atoms with Crippen LogP contribution in [0.3, 0.4) is 0 Å². The third-order valence-corrected chi connectivity index (χ3v) is 4.97. The summed E-state index contributed by atoms with van der Waals surface area (Å²) in [6.45, 7) is 5.96. The fraction of sp³-hybridized carbons (Fsp3) is 0.368. The molecule has 1 aromatic carbocycles. The van der Waals surface area contributed by atoms with Crippen LogP contribution < -0.4 is 0 Å². The monoisotopic (exact) mass is 327 g/mol. The third-order valence-electron chi connectivity index (χ3n) is 4.97. The van der Waals surface area contributed by atoms with Gasteiger partial charge in [0.1, 0.15) is 11.5 Å². The third kappa shape index (κ3) is 2.60. The molecule has 2 aromatic rings. The first kappa shape index (κ1) is 16.3. The topological polar surface area (TPSA) is 70.8 Å². The number of likely N-dealkylation sites (tertiary alicyclic amines) is 1. The summed E-state index contributed by atoms with van der Waals surface area (Å²) in [4.78, 5) is 26.1. The lowest BCUT2D eigenvalue weighted by Gasteiger charge is -2.23. The maximum Gasteiger partial charge on any atom is 0.308 e. The zero-order valence-electron chi connectivity index (χ0n) is 14.1. The molecule has 1 fully saturated rings. The number of carbonyl (C=O) groups is 2. The van der Waals surface area contributed by atoms with Crippen molar-refractivity contribution in [2.45, 2.75) is 33.2 Å². The van der Waals surface area contributed by atoms with Crippen molar-refractivity contribution in [2.75, 3.05) is 6.54 Å². The van der Waals surface area contributed by atoms with Crippen LogP contribution in [0.4, 0.5) is 0 Å². The molecule has 0 spiro atoms. The molecule has 2 atom stereocenters. The van der Waals surface area contributed by atoms with Gasteiger partial charge in [-0.25, -0.2) is 0 Å². The van der Waals surface area contributed by atoms with Gasteiger partial charge in [0.05, 0.1) is 11.5 Å². The van der Waals surface area contributed by atoms with Gasteiger partial charge in [-0.3, -0.25) is 9.59 Å². The second-order valence-corrected chi connectivity index (χ2v) is 6.33. The van der Waals surface area contributed by atoms with Gasteiger partial charge in [-0.15, -0.1) is 0 Å². The van der Waals surface area contributed by atoms with E-state index in [0.717, 1.165) is 11.1 Å². The van der Waals surface area contributed by atoms with Gasteiger partial charge in [0, 0.05) is 23.7 Å². The van der Waals surface area contributed by atoms with Crippen LogP contribution in [0.2, 0.25) is 0 Å². The van der Waals surface area contributed by atoms with Crippen LogP contribution >= 0.6 is 0 Å². The van der Waals surface area contributed by atoms with Crippen molar-refractivity contribution in [3.8, 4) is 11.3 Å². The van der Waals surface area contributed by atoms with Gasteiger partial charge in [0.2, 0.25) is 0 Å². The molecule has 1 saturated heterocycles. The van der Waals surface area contributed by atoms with Crippen molar-refractivity contribution in [3.05, 3.63) is 47.2 Å². The molecule has 0 saturated carbocycles. The average molecular weight is 327 g/mol. The quantitative estimate of drug-likeness (QED) is 0.936. The fourth-order valence-corrected chi connectivity index (χ4v) is 3.38. The van der Waals surface area contributed by atoms with Crippen LogP contribution in [0.5, 0.6) is 0 Å². The highest BCUT2D eigenvalue weighted by Gasteiger charge is 2.40. The average Bonchev–Trinajstić information content (AvgIpc) is 3.09. The maximum atomic E-state index is 13.1. The van der Waals surface area contributed by atoms with E-state index in [1.807, 2.05) is 44.2 Å². The molecular formula is C19H21NO4. The molecule has 1 aliphatic heterocycles. The lowest BCUT2D eigenvalue weighted by atomic mass is 10.0. The zero-order chi connectivity index (χ0) is 17.4. The number of carbonyl (C=O) groups excluding carboxylic acids is 1. The van der Waals surface area contributed by atoms with E-state index in [2.05, 4.69) is 0 Å².